The fraction of sp³-hybridized carbons (Fsp3) is 0. The molecule has 5 heavy (non-hydrogen) atoms. The van der Waals surface area contributed by atoms with Gasteiger partial charge in [0.25, 0.3) is 7.59 Å². The van der Waals surface area contributed by atoms with Crippen LogP contribution in [0.1, 0.15) is 0 Å². The maximum Gasteiger partial charge on any atom is 0.271 e. The minimum absolute atomic E-state index is 0.222. The summed E-state index contributed by atoms with van der Waals surface area (Å²) in [7, 11) is -3.66. The average Bonchev–Trinajstić information content (AvgIpc) is 1.67. The molecule has 0 bridgehead atoms. The predicted molar refractivity (Wildman–Crippen MR) is 20.2 cm³/mol. The first-order chi connectivity index (χ1) is 3.50. The quantitative estimate of drug-likeness (QED) is 0.385. The summed E-state index contributed by atoms with van der Waals surface area (Å²) in [4.78, 5) is 0. The normalized spacial score (nSPS) is 30.4. The molecule has 0 fully saturated rings. The van der Waals surface area contributed by atoms with Crippen molar-refractivity contribution in [2.75, 3.05) is 0 Å². The third-order valence-electron chi connectivity index (χ3n) is 0. The lowest BCUT2D eigenvalue weighted by Gasteiger charge is -1.88. The third-order valence-corrected chi connectivity index (χ3v) is 0. The molecule has 1 unspecified atom stereocenters. The highest BCUT2D eigenvalue weighted by Crippen LogP contribution is 2.06. The van der Waals surface area contributed by atoms with Crippen molar-refractivity contribution in [1.82, 2.24) is 0 Å². The molecule has 1 atom stereocenters. The van der Waals surface area contributed by atoms with Gasteiger partial charge in [0.1, 0.15) is 4.24 Å². The van der Waals surface area contributed by atoms with Crippen LogP contribution in [0.4, 0.5) is 0 Å². The van der Waals surface area contributed by atoms with E-state index in [2.05, 4.69) is 5.50 Å². The molecule has 0 aromatic heterocycles. The topological polar surface area (TPSA) is 95.1 Å². The zero-order valence-electron chi connectivity index (χ0n) is 5.38. The van der Waals surface area contributed by atoms with E-state index in [9.17, 15) is 4.57 Å². The van der Waals surface area contributed by atoms with Gasteiger partial charge >= 0.3 is 0 Å². The first-order valence-corrected chi connectivity index (χ1v) is 2.59. The van der Waals surface area contributed by atoms with Crippen LogP contribution in [0.3, 0.4) is 0 Å². The summed E-state index contributed by atoms with van der Waals surface area (Å²) in [5.41, 5.74) is 5.82. The van der Waals surface area contributed by atoms with Gasteiger partial charge in [-0.05, 0) is 0 Å². The highest BCUT2D eigenvalue weighted by atomic mass is 31.2. The van der Waals surface area contributed by atoms with Crippen molar-refractivity contribution < 1.29 is 8.80 Å². The van der Waals surface area contributed by atoms with Crippen LogP contribution < -0.4 is 16.5 Å². The SMILES string of the molecule is [2H]NP(N)(=O)N([2H])[2H]. The molecule has 0 aliphatic heterocycles. The molecule has 32 valence electrons. The Labute approximate surface area is 34.2 Å². The number of hydrogen-bond acceptors (Lipinski definition) is 1. The van der Waals surface area contributed by atoms with Crippen LogP contribution in [0.25, 0.3) is 0 Å². The Hall–Kier alpha value is 0.110. The van der Waals surface area contributed by atoms with Gasteiger partial charge in [-0.25, -0.2) is 0 Å². The van der Waals surface area contributed by atoms with Crippen molar-refractivity contribution in [2.45, 2.75) is 0 Å². The Balaban J connectivity index is 3.93. The van der Waals surface area contributed by atoms with Crippen molar-refractivity contribution in [3.8, 4) is 0 Å². The smallest absolute Gasteiger partial charge is 0.271 e. The summed E-state index contributed by atoms with van der Waals surface area (Å²) in [6.07, 6.45) is 0. The summed E-state index contributed by atoms with van der Waals surface area (Å²) in [5.74, 6) is 0. The molecule has 0 saturated carbocycles. The van der Waals surface area contributed by atoms with Crippen LogP contribution in [-0.4, -0.2) is 0 Å². The van der Waals surface area contributed by atoms with Gasteiger partial charge in [0.2, 0.25) is 0 Å². The van der Waals surface area contributed by atoms with Crippen LogP contribution in [0.5, 0.6) is 0 Å². The Kier molecular flexibility index (Phi) is 0.364. The van der Waals surface area contributed by atoms with E-state index in [0.717, 1.165) is 0 Å². The van der Waals surface area contributed by atoms with Gasteiger partial charge in [-0.1, -0.05) is 0 Å². The molecule has 5 heteroatoms. The van der Waals surface area contributed by atoms with E-state index in [4.69, 9.17) is 4.24 Å². The molecule has 0 aromatic carbocycles. The minimum atomic E-state index is -3.66. The van der Waals surface area contributed by atoms with Gasteiger partial charge in [-0.15, -0.1) is 0 Å². The predicted octanol–water partition coefficient (Wildman–Crippen LogP) is -1.03. The Bertz CT molecular complexity index is 113. The van der Waals surface area contributed by atoms with Gasteiger partial charge in [0.05, 0.1) is 0 Å². The molecule has 0 amide bonds. The molecule has 0 spiro atoms. The first-order valence-electron chi connectivity index (χ1n) is 2.26. The summed E-state index contributed by atoms with van der Waals surface area (Å²) < 4.78 is 29.1. The van der Waals surface area contributed by atoms with Crippen LogP contribution in [0.15, 0.2) is 0 Å². The van der Waals surface area contributed by atoms with E-state index in [0.29, 0.717) is 0 Å². The lowest BCUT2D eigenvalue weighted by atomic mass is 13.8. The minimum Gasteiger partial charge on any atom is -0.272 e. The van der Waals surface area contributed by atoms with Gasteiger partial charge in [-0.2, -0.15) is 0 Å². The highest BCUT2D eigenvalue weighted by molar-refractivity contribution is 7.56. The van der Waals surface area contributed by atoms with Gasteiger partial charge in [0, 0.05) is 0 Å². The molecule has 6 N–H and O–H groups in total. The lowest BCUT2D eigenvalue weighted by molar-refractivity contribution is 0.577. The summed E-state index contributed by atoms with van der Waals surface area (Å²) >= 11 is 0. The van der Waals surface area contributed by atoms with E-state index in [1.165, 1.54) is 5.50 Å². The van der Waals surface area contributed by atoms with E-state index >= 15 is 0 Å². The molecule has 0 radical (unpaired) electrons. The van der Waals surface area contributed by atoms with Gasteiger partial charge in [-0.3, -0.25) is 21.1 Å². The summed E-state index contributed by atoms with van der Waals surface area (Å²) in [6.45, 7) is 0. The largest absolute Gasteiger partial charge is 0.272 e. The van der Waals surface area contributed by atoms with Crippen LogP contribution in [0.2, 0.25) is 4.24 Å². The summed E-state index contributed by atoms with van der Waals surface area (Å²) in [6, 6.07) is 0. The fourth-order valence-electron chi connectivity index (χ4n) is 0. The van der Waals surface area contributed by atoms with Gasteiger partial charge < -0.3 is 0 Å². The summed E-state index contributed by atoms with van der Waals surface area (Å²) in [5, 5.41) is 0. The number of nitrogens with two attached hydrogens (primary N) is 3. The van der Waals surface area contributed by atoms with E-state index < -0.39 is 7.59 Å². The zero-order valence-corrected chi connectivity index (χ0v) is 3.27. The lowest BCUT2D eigenvalue weighted by Crippen LogP contribution is -2.12. The standard InChI is InChI=1S/H6N3OP/c1-5(2,3)4/h(H6,1,2,3,4)/i/hD3. The highest BCUT2D eigenvalue weighted by Gasteiger charge is 1.90. The maximum atomic E-state index is 10.3. The monoisotopic (exact) mass is 98.0 g/mol. The second-order valence-electron chi connectivity index (χ2n) is 0.623. The second-order valence-corrected chi connectivity index (χ2v) is 1.87. The molecule has 0 heterocycles. The number of rotatable bonds is 2. The van der Waals surface area contributed by atoms with E-state index in [-0.39, 0.29) is 5.49 Å². The molecule has 0 rings (SSSR count). The Morgan fingerprint density at radius 2 is 2.60 bits per heavy atom. The maximum absolute atomic E-state index is 10.3. The third kappa shape index (κ3) is 1510. The van der Waals surface area contributed by atoms with Crippen molar-refractivity contribution >= 4 is 7.59 Å². The van der Waals surface area contributed by atoms with Crippen molar-refractivity contribution in [1.29, 1.82) is 0 Å². The average molecular weight is 98.1 g/mol. The van der Waals surface area contributed by atoms with Crippen LogP contribution in [-0.2, 0) is 4.57 Å². The molecule has 4 nitrogen and oxygen atoms in total. The second kappa shape index (κ2) is 1.06. The van der Waals surface area contributed by atoms with Crippen molar-refractivity contribution in [3.05, 3.63) is 0 Å². The molecule has 0 aliphatic rings. The Morgan fingerprint density at radius 3 is 2.60 bits per heavy atom. The number of hydrogen-bond donors (Lipinski definition) is 3. The molecular weight excluding hydrogens is 89.0 g/mol. The molecular formula is H6N3OP. The molecule has 0 saturated heterocycles. The van der Waals surface area contributed by atoms with Crippen molar-refractivity contribution in [3.63, 3.8) is 0 Å². The zero-order chi connectivity index (χ0) is 6.78. The fourth-order valence-corrected chi connectivity index (χ4v) is 0. The molecule has 0 aliphatic carbocycles. The van der Waals surface area contributed by atoms with Crippen LogP contribution >= 0.6 is 7.59 Å². The Morgan fingerprint density at radius 1 is 2.00 bits per heavy atom. The van der Waals surface area contributed by atoms with Crippen molar-refractivity contribution in [2.24, 2.45) is 16.5 Å². The van der Waals surface area contributed by atoms with E-state index in [1.807, 2.05) is 0 Å². The molecule has 0 aromatic rings. The van der Waals surface area contributed by atoms with E-state index in [1.54, 1.807) is 0 Å². The van der Waals surface area contributed by atoms with Crippen LogP contribution in [0, 0.1) is 0 Å². The van der Waals surface area contributed by atoms with Gasteiger partial charge in [0.15, 0.2) is 0 Å². The first kappa shape index (κ1) is 1.71.